The molecule has 0 bridgehead atoms. The lowest BCUT2D eigenvalue weighted by Crippen LogP contribution is -2.44. The van der Waals surface area contributed by atoms with Crippen LogP contribution in [0.25, 0.3) is 0 Å². The zero-order valence-corrected chi connectivity index (χ0v) is 17.9. The summed E-state index contributed by atoms with van der Waals surface area (Å²) < 4.78 is 5.79. The molecule has 0 atom stereocenters. The molecule has 0 spiro atoms. The number of aryl methyl sites for hydroxylation is 1. The first-order valence-electron chi connectivity index (χ1n) is 10.4. The highest BCUT2D eigenvalue weighted by Crippen LogP contribution is 2.26. The van der Waals surface area contributed by atoms with Gasteiger partial charge in [0.1, 0.15) is 5.75 Å². The van der Waals surface area contributed by atoms with Crippen LogP contribution in [0.2, 0.25) is 0 Å². The number of anilines is 1. The first-order valence-corrected chi connectivity index (χ1v) is 10.4. The minimum Gasteiger partial charge on any atom is -0.424 e. The summed E-state index contributed by atoms with van der Waals surface area (Å²) in [6.07, 6.45) is 3.25. The minimum absolute atomic E-state index is 0.129. The van der Waals surface area contributed by atoms with Crippen molar-refractivity contribution in [3.8, 4) is 11.8 Å². The molecule has 1 saturated heterocycles. The number of aromatic nitrogens is 2. The Balaban J connectivity index is 1.48. The van der Waals surface area contributed by atoms with Gasteiger partial charge in [-0.15, -0.1) is 0 Å². The number of nitrogens with one attached hydrogen (secondary N) is 1. The number of nitrogens with zero attached hydrogens (tertiary/aromatic N) is 4. The second-order valence-corrected chi connectivity index (χ2v) is 7.80. The van der Waals surface area contributed by atoms with Crippen LogP contribution in [-0.2, 0) is 6.54 Å². The van der Waals surface area contributed by atoms with E-state index in [1.807, 2.05) is 43.3 Å². The number of carbonyl (C=O) groups excluding carboxylic acids is 1. The third-order valence-electron chi connectivity index (χ3n) is 5.44. The van der Waals surface area contributed by atoms with Gasteiger partial charge < -0.3 is 15.0 Å². The van der Waals surface area contributed by atoms with Crippen molar-refractivity contribution < 1.29 is 9.53 Å². The summed E-state index contributed by atoms with van der Waals surface area (Å²) in [4.78, 5) is 26.0. The number of piperazine rings is 1. The quantitative estimate of drug-likeness (QED) is 0.661. The van der Waals surface area contributed by atoms with Crippen LogP contribution in [0.3, 0.4) is 0 Å². The lowest BCUT2D eigenvalue weighted by Gasteiger charge is -2.32. The molecular formula is C24H27N5O2. The van der Waals surface area contributed by atoms with Crippen LogP contribution in [0, 0.1) is 6.92 Å². The number of ether oxygens (including phenoxy) is 1. The van der Waals surface area contributed by atoms with Crippen LogP contribution in [0.15, 0.2) is 60.9 Å². The summed E-state index contributed by atoms with van der Waals surface area (Å²) in [5.41, 5.74) is 3.32. The van der Waals surface area contributed by atoms with Gasteiger partial charge in [0, 0.05) is 62.4 Å². The highest BCUT2D eigenvalue weighted by atomic mass is 16.5. The molecule has 1 aliphatic rings. The van der Waals surface area contributed by atoms with Gasteiger partial charge in [0.05, 0.1) is 0 Å². The molecular weight excluding hydrogens is 390 g/mol. The van der Waals surface area contributed by atoms with E-state index in [9.17, 15) is 4.79 Å². The number of amides is 1. The van der Waals surface area contributed by atoms with Gasteiger partial charge in [-0.3, -0.25) is 9.69 Å². The van der Waals surface area contributed by atoms with Crippen molar-refractivity contribution in [2.75, 3.05) is 38.5 Å². The first kappa shape index (κ1) is 21.0. The van der Waals surface area contributed by atoms with Gasteiger partial charge >= 0.3 is 6.01 Å². The van der Waals surface area contributed by atoms with Crippen molar-refractivity contribution in [1.82, 2.24) is 19.8 Å². The van der Waals surface area contributed by atoms with E-state index >= 15 is 0 Å². The zero-order chi connectivity index (χ0) is 21.6. The van der Waals surface area contributed by atoms with Crippen molar-refractivity contribution in [3.05, 3.63) is 77.6 Å². The lowest BCUT2D eigenvalue weighted by molar-refractivity contribution is 0.102. The number of hydrogen-bond acceptors (Lipinski definition) is 6. The fourth-order valence-corrected chi connectivity index (χ4v) is 3.55. The topological polar surface area (TPSA) is 70.6 Å². The molecule has 1 amide bonds. The predicted molar refractivity (Wildman–Crippen MR) is 120 cm³/mol. The third-order valence-corrected chi connectivity index (χ3v) is 5.44. The number of carbonyl (C=O) groups is 1. The minimum atomic E-state index is -0.129. The monoisotopic (exact) mass is 417 g/mol. The van der Waals surface area contributed by atoms with Crippen LogP contribution < -0.4 is 10.1 Å². The van der Waals surface area contributed by atoms with E-state index in [0.717, 1.165) is 43.9 Å². The Morgan fingerprint density at radius 2 is 1.77 bits per heavy atom. The fraction of sp³-hybridized carbons (Fsp3) is 0.292. The van der Waals surface area contributed by atoms with Gasteiger partial charge in [0.15, 0.2) is 0 Å². The molecule has 7 heteroatoms. The Labute approximate surface area is 182 Å². The van der Waals surface area contributed by atoms with Gasteiger partial charge in [-0.25, -0.2) is 9.97 Å². The average Bonchev–Trinajstić information content (AvgIpc) is 2.79. The molecule has 4 rings (SSSR count). The summed E-state index contributed by atoms with van der Waals surface area (Å²) in [6.45, 7) is 6.82. The van der Waals surface area contributed by atoms with Gasteiger partial charge in [-0.1, -0.05) is 24.3 Å². The van der Waals surface area contributed by atoms with Crippen molar-refractivity contribution in [2.45, 2.75) is 13.5 Å². The van der Waals surface area contributed by atoms with Crippen LogP contribution in [0.1, 0.15) is 21.5 Å². The van der Waals surface area contributed by atoms with Crippen LogP contribution >= 0.6 is 0 Å². The Morgan fingerprint density at radius 1 is 1.03 bits per heavy atom. The Bertz CT molecular complexity index is 1030. The number of likely N-dealkylation sites (N-methyl/N-ethyl adjacent to an activating group) is 1. The van der Waals surface area contributed by atoms with Gasteiger partial charge in [0.25, 0.3) is 5.91 Å². The molecule has 0 saturated carbocycles. The molecule has 160 valence electrons. The molecule has 7 nitrogen and oxygen atoms in total. The second kappa shape index (κ2) is 9.68. The highest BCUT2D eigenvalue weighted by Gasteiger charge is 2.18. The standard InChI is InChI=1S/C24H27N5O2/c1-18-8-9-20(16-22(18)31-24-25-10-5-11-26-24)27-23(30)21-7-4-3-6-19(21)17-29-14-12-28(2)13-15-29/h3-11,16H,12-15,17H2,1-2H3,(H,27,30). The molecule has 0 radical (unpaired) electrons. The molecule has 2 heterocycles. The predicted octanol–water partition coefficient (Wildman–Crippen LogP) is 3.58. The smallest absolute Gasteiger partial charge is 0.321 e. The van der Waals surface area contributed by atoms with Gasteiger partial charge in [-0.2, -0.15) is 0 Å². The maximum absolute atomic E-state index is 13.1. The van der Waals surface area contributed by atoms with E-state index < -0.39 is 0 Å². The van der Waals surface area contributed by atoms with Crippen molar-refractivity contribution in [3.63, 3.8) is 0 Å². The van der Waals surface area contributed by atoms with E-state index in [2.05, 4.69) is 32.1 Å². The third kappa shape index (κ3) is 5.45. The summed E-state index contributed by atoms with van der Waals surface area (Å²) >= 11 is 0. The second-order valence-electron chi connectivity index (χ2n) is 7.80. The normalized spacial score (nSPS) is 14.9. The molecule has 1 fully saturated rings. The Hall–Kier alpha value is -3.29. The van der Waals surface area contributed by atoms with Crippen LogP contribution in [0.4, 0.5) is 5.69 Å². The fourth-order valence-electron chi connectivity index (χ4n) is 3.55. The number of rotatable bonds is 6. The summed E-state index contributed by atoms with van der Waals surface area (Å²) in [7, 11) is 2.14. The molecule has 3 aromatic rings. The van der Waals surface area contributed by atoms with Crippen LogP contribution in [-0.4, -0.2) is 58.9 Å². The van der Waals surface area contributed by atoms with E-state index in [0.29, 0.717) is 17.0 Å². The molecule has 0 aliphatic carbocycles. The summed E-state index contributed by atoms with van der Waals surface area (Å²) in [5, 5.41) is 3.01. The number of hydrogen-bond donors (Lipinski definition) is 1. The lowest BCUT2D eigenvalue weighted by atomic mass is 10.1. The highest BCUT2D eigenvalue weighted by molar-refractivity contribution is 6.05. The van der Waals surface area contributed by atoms with Crippen molar-refractivity contribution in [2.24, 2.45) is 0 Å². The van der Waals surface area contributed by atoms with E-state index in [-0.39, 0.29) is 11.9 Å². The van der Waals surface area contributed by atoms with Crippen molar-refractivity contribution in [1.29, 1.82) is 0 Å². The SMILES string of the molecule is Cc1ccc(NC(=O)c2ccccc2CN2CCN(C)CC2)cc1Oc1ncccn1. The molecule has 1 aliphatic heterocycles. The zero-order valence-electron chi connectivity index (χ0n) is 17.9. The van der Waals surface area contributed by atoms with Crippen LogP contribution in [0.5, 0.6) is 11.8 Å². The van der Waals surface area contributed by atoms with E-state index in [4.69, 9.17) is 4.74 Å². The molecule has 0 unspecified atom stereocenters. The Kier molecular flexibility index (Phi) is 6.54. The number of benzene rings is 2. The largest absolute Gasteiger partial charge is 0.424 e. The van der Waals surface area contributed by atoms with Crippen molar-refractivity contribution >= 4 is 11.6 Å². The maximum Gasteiger partial charge on any atom is 0.321 e. The molecule has 2 aromatic carbocycles. The molecule has 1 aromatic heterocycles. The molecule has 31 heavy (non-hydrogen) atoms. The van der Waals surface area contributed by atoms with Gasteiger partial charge in [-0.05, 0) is 43.3 Å². The average molecular weight is 418 g/mol. The summed E-state index contributed by atoms with van der Waals surface area (Å²) in [6, 6.07) is 15.4. The first-order chi connectivity index (χ1) is 15.1. The van der Waals surface area contributed by atoms with E-state index in [1.54, 1.807) is 24.5 Å². The summed E-state index contributed by atoms with van der Waals surface area (Å²) in [5.74, 6) is 0.477. The van der Waals surface area contributed by atoms with E-state index in [1.165, 1.54) is 0 Å². The molecule has 1 N–H and O–H groups in total. The Morgan fingerprint density at radius 3 is 2.55 bits per heavy atom. The maximum atomic E-state index is 13.1. The van der Waals surface area contributed by atoms with Gasteiger partial charge in [0.2, 0.25) is 0 Å².